The Labute approximate surface area is 130 Å². The zero-order valence-corrected chi connectivity index (χ0v) is 13.0. The first-order valence-electron chi connectivity index (χ1n) is 5.99. The average Bonchev–Trinajstić information content (AvgIpc) is 2.38. The molecule has 20 heavy (non-hydrogen) atoms. The fraction of sp³-hybridized carbons (Fsp3) is 0.133. The highest BCUT2D eigenvalue weighted by molar-refractivity contribution is 9.09. The third-order valence-electron chi connectivity index (χ3n) is 2.83. The summed E-state index contributed by atoms with van der Waals surface area (Å²) in [4.78, 5) is 12.2. The van der Waals surface area contributed by atoms with Crippen LogP contribution in [0.5, 0.6) is 0 Å². The second-order valence-corrected chi connectivity index (χ2v) is 6.03. The molecule has 0 saturated heterocycles. The van der Waals surface area contributed by atoms with E-state index in [2.05, 4.69) is 21.2 Å². The highest BCUT2D eigenvalue weighted by atomic mass is 79.9. The molecule has 0 radical (unpaired) electrons. The SMILES string of the molecule is CC(Br)c1ccccc1NC(=O)c1c(F)cccc1Cl. The average molecular weight is 357 g/mol. The minimum absolute atomic E-state index is 0.0649. The lowest BCUT2D eigenvalue weighted by atomic mass is 10.1. The lowest BCUT2D eigenvalue weighted by molar-refractivity contribution is 0.102. The molecule has 1 unspecified atom stereocenters. The monoisotopic (exact) mass is 355 g/mol. The van der Waals surface area contributed by atoms with Gasteiger partial charge in [-0.25, -0.2) is 4.39 Å². The highest BCUT2D eigenvalue weighted by Crippen LogP contribution is 2.29. The number of carbonyl (C=O) groups is 1. The van der Waals surface area contributed by atoms with E-state index in [0.717, 1.165) is 5.56 Å². The summed E-state index contributed by atoms with van der Waals surface area (Å²) in [6, 6.07) is 11.5. The predicted octanol–water partition coefficient (Wildman–Crippen LogP) is 5.19. The molecule has 0 fully saturated rings. The zero-order valence-electron chi connectivity index (χ0n) is 10.7. The predicted molar refractivity (Wildman–Crippen MR) is 83.1 cm³/mol. The number of benzene rings is 2. The van der Waals surface area contributed by atoms with Gasteiger partial charge in [-0.15, -0.1) is 0 Å². The molecule has 0 aliphatic heterocycles. The van der Waals surface area contributed by atoms with Crippen molar-refractivity contribution in [3.63, 3.8) is 0 Å². The van der Waals surface area contributed by atoms with Crippen molar-refractivity contribution < 1.29 is 9.18 Å². The fourth-order valence-corrected chi connectivity index (χ4v) is 2.51. The van der Waals surface area contributed by atoms with E-state index in [0.29, 0.717) is 5.69 Å². The molecule has 0 spiro atoms. The maximum absolute atomic E-state index is 13.7. The number of alkyl halides is 1. The Bertz CT molecular complexity index is 625. The molecule has 0 aromatic heterocycles. The van der Waals surface area contributed by atoms with E-state index < -0.39 is 11.7 Å². The number of rotatable bonds is 3. The molecule has 2 aromatic rings. The van der Waals surface area contributed by atoms with Crippen LogP contribution in [-0.2, 0) is 0 Å². The third kappa shape index (κ3) is 3.19. The maximum Gasteiger partial charge on any atom is 0.260 e. The maximum atomic E-state index is 13.7. The molecule has 2 rings (SSSR count). The molecule has 2 aromatic carbocycles. The van der Waals surface area contributed by atoms with Gasteiger partial charge in [0, 0.05) is 10.5 Å². The number of nitrogens with one attached hydrogen (secondary N) is 1. The minimum Gasteiger partial charge on any atom is -0.322 e. The van der Waals surface area contributed by atoms with Gasteiger partial charge in [-0.05, 0) is 30.7 Å². The molecule has 1 N–H and O–H groups in total. The van der Waals surface area contributed by atoms with Crippen LogP contribution in [0.2, 0.25) is 5.02 Å². The van der Waals surface area contributed by atoms with Crippen molar-refractivity contribution in [2.75, 3.05) is 5.32 Å². The molecule has 1 atom stereocenters. The van der Waals surface area contributed by atoms with Crippen molar-refractivity contribution in [1.29, 1.82) is 0 Å². The molecule has 5 heteroatoms. The van der Waals surface area contributed by atoms with Gasteiger partial charge in [0.2, 0.25) is 0 Å². The molecule has 0 heterocycles. The Balaban J connectivity index is 2.33. The second-order valence-electron chi connectivity index (χ2n) is 4.25. The fourth-order valence-electron chi connectivity index (χ4n) is 1.86. The second kappa shape index (κ2) is 6.37. The smallest absolute Gasteiger partial charge is 0.260 e. The van der Waals surface area contributed by atoms with Crippen LogP contribution in [-0.4, -0.2) is 5.91 Å². The van der Waals surface area contributed by atoms with Crippen LogP contribution in [0.15, 0.2) is 42.5 Å². The summed E-state index contributed by atoms with van der Waals surface area (Å²) < 4.78 is 13.7. The summed E-state index contributed by atoms with van der Waals surface area (Å²) >= 11 is 9.34. The molecular formula is C15H12BrClFNO. The van der Waals surface area contributed by atoms with Gasteiger partial charge >= 0.3 is 0 Å². The van der Waals surface area contributed by atoms with Crippen LogP contribution < -0.4 is 5.32 Å². The van der Waals surface area contributed by atoms with E-state index in [1.165, 1.54) is 18.2 Å². The van der Waals surface area contributed by atoms with E-state index in [-0.39, 0.29) is 15.4 Å². The summed E-state index contributed by atoms with van der Waals surface area (Å²) in [5.74, 6) is -1.20. The zero-order chi connectivity index (χ0) is 14.7. The van der Waals surface area contributed by atoms with E-state index in [4.69, 9.17) is 11.6 Å². The van der Waals surface area contributed by atoms with E-state index in [1.807, 2.05) is 19.1 Å². The Hall–Kier alpha value is -1.39. The van der Waals surface area contributed by atoms with Gasteiger partial charge in [0.15, 0.2) is 0 Å². The van der Waals surface area contributed by atoms with Gasteiger partial charge in [0.05, 0.1) is 10.6 Å². The van der Waals surface area contributed by atoms with Crippen LogP contribution in [0.4, 0.5) is 10.1 Å². The van der Waals surface area contributed by atoms with Gasteiger partial charge in [-0.3, -0.25) is 4.79 Å². The first-order chi connectivity index (χ1) is 9.50. The number of hydrogen-bond acceptors (Lipinski definition) is 1. The number of para-hydroxylation sites is 1. The van der Waals surface area contributed by atoms with Crippen molar-refractivity contribution in [3.8, 4) is 0 Å². The van der Waals surface area contributed by atoms with Crippen molar-refractivity contribution >= 4 is 39.1 Å². The molecule has 0 saturated carbocycles. The topological polar surface area (TPSA) is 29.1 Å². The molecular weight excluding hydrogens is 345 g/mol. The highest BCUT2D eigenvalue weighted by Gasteiger charge is 2.17. The Morgan fingerprint density at radius 2 is 1.95 bits per heavy atom. The third-order valence-corrected chi connectivity index (χ3v) is 3.64. The summed E-state index contributed by atoms with van der Waals surface area (Å²) in [6.07, 6.45) is 0. The van der Waals surface area contributed by atoms with Crippen LogP contribution in [0.1, 0.15) is 27.7 Å². The molecule has 0 bridgehead atoms. The molecule has 0 aliphatic rings. The Morgan fingerprint density at radius 1 is 1.25 bits per heavy atom. The van der Waals surface area contributed by atoms with Crippen molar-refractivity contribution in [2.24, 2.45) is 0 Å². The van der Waals surface area contributed by atoms with Crippen LogP contribution >= 0.6 is 27.5 Å². The van der Waals surface area contributed by atoms with Crippen molar-refractivity contribution in [1.82, 2.24) is 0 Å². The van der Waals surface area contributed by atoms with Gasteiger partial charge in [0.1, 0.15) is 5.82 Å². The molecule has 1 amide bonds. The first kappa shape index (κ1) is 15.0. The summed E-state index contributed by atoms with van der Waals surface area (Å²) in [6.45, 7) is 1.95. The van der Waals surface area contributed by atoms with Gasteiger partial charge in [-0.2, -0.15) is 0 Å². The summed E-state index contributed by atoms with van der Waals surface area (Å²) in [5, 5.41) is 2.79. The Morgan fingerprint density at radius 3 is 2.60 bits per heavy atom. The summed E-state index contributed by atoms with van der Waals surface area (Å²) in [5.41, 5.74) is 1.39. The normalized spacial score (nSPS) is 12.0. The number of carbonyl (C=O) groups excluding carboxylic acids is 1. The van der Waals surface area contributed by atoms with E-state index in [1.54, 1.807) is 12.1 Å². The largest absolute Gasteiger partial charge is 0.322 e. The van der Waals surface area contributed by atoms with Gasteiger partial charge < -0.3 is 5.32 Å². The van der Waals surface area contributed by atoms with Gasteiger partial charge in [-0.1, -0.05) is 51.8 Å². The molecule has 0 aliphatic carbocycles. The molecule has 2 nitrogen and oxygen atoms in total. The van der Waals surface area contributed by atoms with Crippen LogP contribution in [0, 0.1) is 5.82 Å². The lowest BCUT2D eigenvalue weighted by Crippen LogP contribution is -2.15. The number of hydrogen-bond donors (Lipinski definition) is 1. The van der Waals surface area contributed by atoms with Crippen molar-refractivity contribution in [3.05, 3.63) is 64.4 Å². The number of amides is 1. The van der Waals surface area contributed by atoms with E-state index >= 15 is 0 Å². The minimum atomic E-state index is -0.639. The lowest BCUT2D eigenvalue weighted by Gasteiger charge is -2.13. The number of halogens is 3. The standard InChI is InChI=1S/C15H12BrClFNO/c1-9(16)10-5-2-3-8-13(10)19-15(20)14-11(17)6-4-7-12(14)18/h2-9H,1H3,(H,19,20). The number of anilines is 1. The Kier molecular flexibility index (Phi) is 4.78. The first-order valence-corrected chi connectivity index (χ1v) is 7.28. The quantitative estimate of drug-likeness (QED) is 0.754. The van der Waals surface area contributed by atoms with E-state index in [9.17, 15) is 9.18 Å². The van der Waals surface area contributed by atoms with Crippen LogP contribution in [0.3, 0.4) is 0 Å². The van der Waals surface area contributed by atoms with Gasteiger partial charge in [0.25, 0.3) is 5.91 Å². The van der Waals surface area contributed by atoms with Crippen LogP contribution in [0.25, 0.3) is 0 Å². The summed E-state index contributed by atoms with van der Waals surface area (Å²) in [7, 11) is 0. The molecule has 104 valence electrons. The van der Waals surface area contributed by atoms with Crippen molar-refractivity contribution in [2.45, 2.75) is 11.8 Å².